The summed E-state index contributed by atoms with van der Waals surface area (Å²) < 4.78 is 47.3. The van der Waals surface area contributed by atoms with Crippen LogP contribution in [0.5, 0.6) is 5.75 Å². The molecule has 12 heteroatoms. The van der Waals surface area contributed by atoms with E-state index < -0.39 is 17.8 Å². The number of likely N-dealkylation sites (N-methyl/N-ethyl adjacent to an activating group) is 1. The van der Waals surface area contributed by atoms with Gasteiger partial charge < -0.3 is 26.0 Å². The van der Waals surface area contributed by atoms with Crippen LogP contribution in [0.15, 0.2) is 48.5 Å². The highest BCUT2D eigenvalue weighted by molar-refractivity contribution is 6.02. The maximum absolute atomic E-state index is 13.3. The maximum atomic E-state index is 13.3. The molecule has 0 spiro atoms. The summed E-state index contributed by atoms with van der Waals surface area (Å²) in [6, 6.07) is 11.4. The van der Waals surface area contributed by atoms with Gasteiger partial charge in [-0.2, -0.15) is 18.3 Å². The zero-order valence-corrected chi connectivity index (χ0v) is 22.3. The lowest BCUT2D eigenvalue weighted by Crippen LogP contribution is -2.22. The van der Waals surface area contributed by atoms with E-state index in [-0.39, 0.29) is 18.0 Å². The molecule has 1 aliphatic carbocycles. The number of fused-ring (bicyclic) bond motifs is 1. The van der Waals surface area contributed by atoms with Crippen molar-refractivity contribution in [3.8, 4) is 16.9 Å². The molecule has 0 atom stereocenters. The van der Waals surface area contributed by atoms with E-state index >= 15 is 0 Å². The Bertz CT molecular complexity index is 1540. The minimum absolute atomic E-state index is 0.0819. The van der Waals surface area contributed by atoms with Crippen LogP contribution in [-0.4, -0.2) is 52.9 Å². The molecule has 2 amide bonds. The molecule has 0 unspecified atom stereocenters. The Kier molecular flexibility index (Phi) is 7.28. The number of nitrogen functional groups attached to an aromatic ring is 1. The molecule has 4 N–H and O–H groups in total. The van der Waals surface area contributed by atoms with E-state index in [2.05, 4.69) is 15.7 Å². The quantitative estimate of drug-likeness (QED) is 0.258. The Hall–Kier alpha value is -4.32. The monoisotopic (exact) mass is 553 g/mol. The molecule has 0 aliphatic heterocycles. The van der Waals surface area contributed by atoms with E-state index in [1.807, 2.05) is 37.2 Å². The molecule has 1 aliphatic rings. The summed E-state index contributed by atoms with van der Waals surface area (Å²) >= 11 is 0. The smallest absolute Gasteiger partial charge is 0.416 e. The van der Waals surface area contributed by atoms with E-state index in [4.69, 9.17) is 15.5 Å². The Morgan fingerprint density at radius 1 is 1.12 bits per heavy atom. The SMILES string of the molecule is CN(C)CCOc1ccc(C(F)(F)F)cc1NC(=O)Nc1ccc(-c2cc(C3CC3)nc3c2c(N)nn3C)cc1. The first-order valence-corrected chi connectivity index (χ1v) is 12.8. The summed E-state index contributed by atoms with van der Waals surface area (Å²) in [5.74, 6) is 0.952. The Morgan fingerprint density at radius 3 is 2.50 bits per heavy atom. The van der Waals surface area contributed by atoms with Gasteiger partial charge in [0.2, 0.25) is 0 Å². The number of hydrogen-bond donors (Lipinski definition) is 3. The number of nitrogens with one attached hydrogen (secondary N) is 2. The minimum atomic E-state index is -4.57. The second-order valence-corrected chi connectivity index (χ2v) is 10.1. The third-order valence-electron chi connectivity index (χ3n) is 6.64. The van der Waals surface area contributed by atoms with Gasteiger partial charge >= 0.3 is 12.2 Å². The Balaban J connectivity index is 1.35. The minimum Gasteiger partial charge on any atom is -0.490 e. The number of nitrogens with two attached hydrogens (primary N) is 1. The molecule has 2 heterocycles. The van der Waals surface area contributed by atoms with Crippen molar-refractivity contribution in [2.45, 2.75) is 24.9 Å². The summed E-state index contributed by atoms with van der Waals surface area (Å²) in [5.41, 5.74) is 9.16. The summed E-state index contributed by atoms with van der Waals surface area (Å²) in [4.78, 5) is 19.4. The molecule has 2 aromatic heterocycles. The lowest BCUT2D eigenvalue weighted by atomic mass is 10.0. The fourth-order valence-electron chi connectivity index (χ4n) is 4.40. The van der Waals surface area contributed by atoms with Crippen LogP contribution < -0.4 is 21.1 Å². The van der Waals surface area contributed by atoms with Crippen LogP contribution in [0.25, 0.3) is 22.2 Å². The summed E-state index contributed by atoms with van der Waals surface area (Å²) in [5, 5.41) is 10.3. The molecule has 0 radical (unpaired) electrons. The fourth-order valence-corrected chi connectivity index (χ4v) is 4.40. The predicted molar refractivity (Wildman–Crippen MR) is 148 cm³/mol. The largest absolute Gasteiger partial charge is 0.490 e. The molecular weight excluding hydrogens is 523 g/mol. The van der Waals surface area contributed by atoms with Crippen molar-refractivity contribution in [1.82, 2.24) is 19.7 Å². The van der Waals surface area contributed by atoms with Crippen molar-refractivity contribution in [3.63, 3.8) is 0 Å². The number of rotatable bonds is 8. The molecule has 210 valence electrons. The van der Waals surface area contributed by atoms with Gasteiger partial charge in [-0.1, -0.05) is 12.1 Å². The number of benzene rings is 2. The van der Waals surface area contributed by atoms with Crippen molar-refractivity contribution in [2.75, 3.05) is 43.6 Å². The standard InChI is InChI=1S/C28H30F3N7O2/c1-37(2)12-13-40-23-11-8-18(28(29,30)31)14-22(23)35-27(39)33-19-9-6-16(7-10-19)20-15-21(17-4-5-17)34-26-24(20)25(32)36-38(26)3/h6-11,14-15,17H,4-5,12-13H2,1-3H3,(H2,32,36)(H2,33,35,39). The molecule has 9 nitrogen and oxygen atoms in total. The number of pyridine rings is 1. The van der Waals surface area contributed by atoms with Gasteiger partial charge in [-0.3, -0.25) is 0 Å². The van der Waals surface area contributed by atoms with E-state index in [0.717, 1.165) is 47.2 Å². The van der Waals surface area contributed by atoms with E-state index in [1.165, 1.54) is 6.07 Å². The van der Waals surface area contributed by atoms with Gasteiger partial charge in [0.15, 0.2) is 11.5 Å². The van der Waals surface area contributed by atoms with Crippen LogP contribution in [0.1, 0.15) is 30.0 Å². The highest BCUT2D eigenvalue weighted by Gasteiger charge is 2.31. The highest BCUT2D eigenvalue weighted by atomic mass is 19.4. The first-order valence-electron chi connectivity index (χ1n) is 12.8. The van der Waals surface area contributed by atoms with E-state index in [0.29, 0.717) is 29.6 Å². The summed E-state index contributed by atoms with van der Waals surface area (Å²) in [7, 11) is 5.51. The molecule has 4 aromatic rings. The maximum Gasteiger partial charge on any atom is 0.416 e. The van der Waals surface area contributed by atoms with Crippen LogP contribution in [0.3, 0.4) is 0 Å². The summed E-state index contributed by atoms with van der Waals surface area (Å²) in [6.07, 6.45) is -2.38. The molecule has 0 bridgehead atoms. The molecule has 0 saturated heterocycles. The molecule has 40 heavy (non-hydrogen) atoms. The average Bonchev–Trinajstić information content (AvgIpc) is 3.70. The van der Waals surface area contributed by atoms with Gasteiger partial charge in [0.1, 0.15) is 12.4 Å². The first kappa shape index (κ1) is 27.3. The normalized spacial score (nSPS) is 13.6. The lowest BCUT2D eigenvalue weighted by molar-refractivity contribution is -0.137. The van der Waals surface area contributed by atoms with Crippen molar-refractivity contribution >= 4 is 34.3 Å². The van der Waals surface area contributed by atoms with E-state index in [9.17, 15) is 18.0 Å². The number of aryl methyl sites for hydroxylation is 1. The number of carbonyl (C=O) groups excluding carboxylic acids is 1. The number of alkyl halides is 3. The number of halogens is 3. The van der Waals surface area contributed by atoms with Crippen molar-refractivity contribution in [3.05, 3.63) is 59.8 Å². The Labute approximate surface area is 229 Å². The van der Waals surface area contributed by atoms with E-state index in [1.54, 1.807) is 23.9 Å². The number of ether oxygens (including phenoxy) is 1. The fraction of sp³-hybridized carbons (Fsp3) is 0.321. The third-order valence-corrected chi connectivity index (χ3v) is 6.64. The second kappa shape index (κ2) is 10.7. The van der Waals surface area contributed by atoms with Gasteiger partial charge in [-0.25, -0.2) is 14.5 Å². The zero-order chi connectivity index (χ0) is 28.6. The van der Waals surface area contributed by atoms with Crippen molar-refractivity contribution in [1.29, 1.82) is 0 Å². The number of carbonyl (C=O) groups is 1. The van der Waals surface area contributed by atoms with Gasteiger partial charge in [0.25, 0.3) is 0 Å². The van der Waals surface area contributed by atoms with Crippen LogP contribution in [0, 0.1) is 0 Å². The average molecular weight is 554 g/mol. The molecule has 5 rings (SSSR count). The molecule has 2 aromatic carbocycles. The number of hydrogen-bond acceptors (Lipinski definition) is 6. The van der Waals surface area contributed by atoms with Crippen LogP contribution in [0.2, 0.25) is 0 Å². The first-order chi connectivity index (χ1) is 19.0. The zero-order valence-electron chi connectivity index (χ0n) is 22.3. The van der Waals surface area contributed by atoms with Crippen LogP contribution in [-0.2, 0) is 13.2 Å². The summed E-state index contributed by atoms with van der Waals surface area (Å²) in [6.45, 7) is 0.790. The number of aromatic nitrogens is 3. The van der Waals surface area contributed by atoms with Crippen molar-refractivity contribution < 1.29 is 22.7 Å². The van der Waals surface area contributed by atoms with Gasteiger partial charge in [-0.15, -0.1) is 0 Å². The van der Waals surface area contributed by atoms with Gasteiger partial charge in [0.05, 0.1) is 16.6 Å². The van der Waals surface area contributed by atoms with Crippen molar-refractivity contribution in [2.24, 2.45) is 7.05 Å². The predicted octanol–water partition coefficient (Wildman–Crippen LogP) is 5.70. The number of nitrogens with zero attached hydrogens (tertiary/aromatic N) is 4. The van der Waals surface area contributed by atoms with Crippen LogP contribution >= 0.6 is 0 Å². The third kappa shape index (κ3) is 5.96. The Morgan fingerprint density at radius 2 is 1.85 bits per heavy atom. The van der Waals surface area contributed by atoms with Gasteiger partial charge in [-0.05, 0) is 74.5 Å². The van der Waals surface area contributed by atoms with Crippen LogP contribution in [0.4, 0.5) is 35.2 Å². The topological polar surface area (TPSA) is 110 Å². The molecule has 1 fully saturated rings. The number of amides is 2. The number of urea groups is 1. The second-order valence-electron chi connectivity index (χ2n) is 10.1. The number of anilines is 3. The van der Waals surface area contributed by atoms with Gasteiger partial charge in [0, 0.05) is 30.9 Å². The molecule has 1 saturated carbocycles. The highest BCUT2D eigenvalue weighted by Crippen LogP contribution is 2.43. The lowest BCUT2D eigenvalue weighted by Gasteiger charge is -2.17. The molecular formula is C28H30F3N7O2.